The Kier molecular flexibility index (Phi) is 1.30. The van der Waals surface area contributed by atoms with Gasteiger partial charge in [0, 0.05) is 0 Å². The Morgan fingerprint density at radius 1 is 1.55 bits per heavy atom. The van der Waals surface area contributed by atoms with Gasteiger partial charge < -0.3 is 0 Å². The van der Waals surface area contributed by atoms with E-state index >= 15 is 0 Å². The van der Waals surface area contributed by atoms with Crippen molar-refractivity contribution in [3.8, 4) is 0 Å². The summed E-state index contributed by atoms with van der Waals surface area (Å²) < 4.78 is 0. The molecule has 2 aliphatic carbocycles. The molecule has 60 valence electrons. The Balaban J connectivity index is 2.11. The molecule has 0 N–H and O–H groups in total. The lowest BCUT2D eigenvalue weighted by atomic mass is 10.00. The van der Waals surface area contributed by atoms with Gasteiger partial charge >= 0.3 is 0 Å². The molecule has 0 radical (unpaired) electrons. The molecule has 0 amide bonds. The third kappa shape index (κ3) is 0.885. The Morgan fingerprint density at radius 2 is 2.27 bits per heavy atom. The quantitative estimate of drug-likeness (QED) is 0.536. The van der Waals surface area contributed by atoms with Gasteiger partial charge in [-0.25, -0.2) is 0 Å². The third-order valence-corrected chi connectivity index (χ3v) is 3.64. The van der Waals surface area contributed by atoms with Crippen LogP contribution < -0.4 is 0 Å². The topological polar surface area (TPSA) is 0 Å². The summed E-state index contributed by atoms with van der Waals surface area (Å²) in [4.78, 5) is 0. The Hall–Kier alpha value is -0.520. The molecule has 2 aliphatic rings. The molecule has 1 saturated carbocycles. The zero-order chi connectivity index (χ0) is 8.06. The van der Waals surface area contributed by atoms with Gasteiger partial charge in [-0.1, -0.05) is 38.2 Å². The van der Waals surface area contributed by atoms with Crippen LogP contribution in [0.3, 0.4) is 0 Å². The number of rotatable bonds is 1. The Labute approximate surface area is 69.0 Å². The molecule has 0 spiro atoms. The van der Waals surface area contributed by atoms with Crippen molar-refractivity contribution < 1.29 is 0 Å². The average molecular weight is 148 g/mol. The molecule has 0 aromatic carbocycles. The Morgan fingerprint density at radius 3 is 2.82 bits per heavy atom. The molecule has 0 aromatic rings. The van der Waals surface area contributed by atoms with Gasteiger partial charge in [-0.05, 0) is 30.1 Å². The van der Waals surface area contributed by atoms with E-state index in [1.807, 2.05) is 6.08 Å². The molecule has 2 unspecified atom stereocenters. The van der Waals surface area contributed by atoms with Crippen LogP contribution in [0.25, 0.3) is 0 Å². The van der Waals surface area contributed by atoms with E-state index in [1.165, 1.54) is 18.4 Å². The van der Waals surface area contributed by atoms with Crippen molar-refractivity contribution in [2.75, 3.05) is 0 Å². The smallest absolute Gasteiger partial charge is 0.0246 e. The van der Waals surface area contributed by atoms with Gasteiger partial charge in [-0.3, -0.25) is 0 Å². The highest BCUT2D eigenvalue weighted by molar-refractivity contribution is 5.26. The number of fused-ring (bicyclic) bond motifs is 1. The number of hydrogen-bond donors (Lipinski definition) is 0. The largest absolute Gasteiger partial charge is 0.0988 e. The van der Waals surface area contributed by atoms with Crippen molar-refractivity contribution in [3.63, 3.8) is 0 Å². The lowest BCUT2D eigenvalue weighted by Crippen LogP contribution is -1.92. The van der Waals surface area contributed by atoms with Crippen LogP contribution in [-0.2, 0) is 0 Å². The summed E-state index contributed by atoms with van der Waals surface area (Å²) in [7, 11) is 0. The maximum atomic E-state index is 3.82. The highest BCUT2D eigenvalue weighted by Gasteiger charge is 2.57. The predicted octanol–water partition coefficient (Wildman–Crippen LogP) is 3.16. The van der Waals surface area contributed by atoms with Gasteiger partial charge in [0.25, 0.3) is 0 Å². The Bertz CT molecular complexity index is 220. The fourth-order valence-corrected chi connectivity index (χ4v) is 2.51. The molecule has 11 heavy (non-hydrogen) atoms. The minimum absolute atomic E-state index is 0.626. The molecule has 0 heteroatoms. The fraction of sp³-hybridized carbons (Fsp3) is 0.636. The lowest BCUT2D eigenvalue weighted by molar-refractivity contribution is 0.543. The van der Waals surface area contributed by atoms with Crippen LogP contribution >= 0.6 is 0 Å². The standard InChI is InChI=1S/C11H16/c1-4-8-5-6-9-10(7-8)11(9,2)3/h4-5,9-10H,1,6-7H2,2-3H3. The van der Waals surface area contributed by atoms with E-state index in [0.29, 0.717) is 5.41 Å². The summed E-state index contributed by atoms with van der Waals surface area (Å²) >= 11 is 0. The van der Waals surface area contributed by atoms with Gasteiger partial charge in [0.2, 0.25) is 0 Å². The van der Waals surface area contributed by atoms with Crippen molar-refractivity contribution in [3.05, 3.63) is 24.3 Å². The monoisotopic (exact) mass is 148 g/mol. The molecular formula is C11H16. The molecule has 2 atom stereocenters. The maximum Gasteiger partial charge on any atom is -0.0246 e. The summed E-state index contributed by atoms with van der Waals surface area (Å²) in [6.45, 7) is 8.60. The first-order chi connectivity index (χ1) is 5.16. The highest BCUT2D eigenvalue weighted by atomic mass is 14.6. The van der Waals surface area contributed by atoms with Gasteiger partial charge in [0.1, 0.15) is 0 Å². The summed E-state index contributed by atoms with van der Waals surface area (Å²) in [5.41, 5.74) is 2.10. The SMILES string of the molecule is C=CC1=CCC2C(C1)C2(C)C. The van der Waals surface area contributed by atoms with Crippen molar-refractivity contribution >= 4 is 0 Å². The average Bonchev–Trinajstić information content (AvgIpc) is 2.55. The van der Waals surface area contributed by atoms with E-state index in [4.69, 9.17) is 0 Å². The molecule has 0 heterocycles. The summed E-state index contributed by atoms with van der Waals surface area (Å²) in [6.07, 6.45) is 6.95. The second kappa shape index (κ2) is 2.00. The van der Waals surface area contributed by atoms with Crippen LogP contribution in [0.1, 0.15) is 26.7 Å². The summed E-state index contributed by atoms with van der Waals surface area (Å²) in [5.74, 6) is 1.94. The van der Waals surface area contributed by atoms with Crippen LogP contribution in [0.2, 0.25) is 0 Å². The fourth-order valence-electron chi connectivity index (χ4n) is 2.51. The molecule has 0 aromatic heterocycles. The zero-order valence-electron chi connectivity index (χ0n) is 7.43. The molecule has 1 fully saturated rings. The first-order valence-corrected chi connectivity index (χ1v) is 4.47. The molecule has 0 bridgehead atoms. The minimum Gasteiger partial charge on any atom is -0.0988 e. The highest BCUT2D eigenvalue weighted by Crippen LogP contribution is 2.64. The van der Waals surface area contributed by atoms with Crippen molar-refractivity contribution in [1.29, 1.82) is 0 Å². The molecular weight excluding hydrogens is 132 g/mol. The van der Waals surface area contributed by atoms with Crippen molar-refractivity contribution in [1.82, 2.24) is 0 Å². The molecule has 0 saturated heterocycles. The van der Waals surface area contributed by atoms with Gasteiger partial charge in [-0.15, -0.1) is 0 Å². The minimum atomic E-state index is 0.626. The maximum absolute atomic E-state index is 3.82. The van der Waals surface area contributed by atoms with E-state index in [2.05, 4.69) is 26.5 Å². The van der Waals surface area contributed by atoms with Crippen LogP contribution in [0.15, 0.2) is 24.3 Å². The summed E-state index contributed by atoms with van der Waals surface area (Å²) in [6, 6.07) is 0. The van der Waals surface area contributed by atoms with E-state index in [9.17, 15) is 0 Å². The van der Waals surface area contributed by atoms with E-state index in [0.717, 1.165) is 11.8 Å². The van der Waals surface area contributed by atoms with Crippen molar-refractivity contribution in [2.45, 2.75) is 26.7 Å². The van der Waals surface area contributed by atoms with Crippen molar-refractivity contribution in [2.24, 2.45) is 17.3 Å². The van der Waals surface area contributed by atoms with E-state index < -0.39 is 0 Å². The van der Waals surface area contributed by atoms with Gasteiger partial charge in [-0.2, -0.15) is 0 Å². The molecule has 2 rings (SSSR count). The van der Waals surface area contributed by atoms with E-state index in [-0.39, 0.29) is 0 Å². The first-order valence-electron chi connectivity index (χ1n) is 4.47. The normalized spacial score (nSPS) is 38.9. The lowest BCUT2D eigenvalue weighted by Gasteiger charge is -2.06. The van der Waals surface area contributed by atoms with Crippen LogP contribution in [0, 0.1) is 17.3 Å². The third-order valence-electron chi connectivity index (χ3n) is 3.64. The summed E-state index contributed by atoms with van der Waals surface area (Å²) in [5, 5.41) is 0. The van der Waals surface area contributed by atoms with Gasteiger partial charge in [0.05, 0.1) is 0 Å². The van der Waals surface area contributed by atoms with Crippen LogP contribution in [-0.4, -0.2) is 0 Å². The molecule has 0 nitrogen and oxygen atoms in total. The predicted molar refractivity (Wildman–Crippen MR) is 48.3 cm³/mol. The van der Waals surface area contributed by atoms with Gasteiger partial charge in [0.15, 0.2) is 0 Å². The van der Waals surface area contributed by atoms with Crippen LogP contribution in [0.5, 0.6) is 0 Å². The van der Waals surface area contributed by atoms with Crippen LogP contribution in [0.4, 0.5) is 0 Å². The first kappa shape index (κ1) is 7.15. The van der Waals surface area contributed by atoms with E-state index in [1.54, 1.807) is 0 Å². The zero-order valence-corrected chi connectivity index (χ0v) is 7.43. The second-order valence-electron chi connectivity index (χ2n) is 4.46. The number of allylic oxidation sites excluding steroid dienone is 3. The molecule has 0 aliphatic heterocycles. The second-order valence-corrected chi connectivity index (χ2v) is 4.46. The number of hydrogen-bond acceptors (Lipinski definition) is 0.